The van der Waals surface area contributed by atoms with Gasteiger partial charge in [-0.2, -0.15) is 18.4 Å². The van der Waals surface area contributed by atoms with E-state index in [1.165, 1.54) is 20.0 Å². The number of benzene rings is 1. The molecule has 0 aliphatic heterocycles. The van der Waals surface area contributed by atoms with Crippen molar-refractivity contribution < 1.29 is 18.0 Å². The molecule has 2 rings (SSSR count). The van der Waals surface area contributed by atoms with Crippen LogP contribution >= 0.6 is 11.8 Å². The minimum Gasteiger partial charge on any atom is -0.325 e. The number of hydrogen-bond donors (Lipinski definition) is 1. The van der Waals surface area contributed by atoms with Crippen molar-refractivity contribution in [3.05, 3.63) is 35.7 Å². The van der Waals surface area contributed by atoms with Crippen LogP contribution in [-0.4, -0.2) is 25.9 Å². The molecule has 0 saturated carbocycles. The largest absolute Gasteiger partial charge is 0.451 e. The first kappa shape index (κ1) is 17.8. The first-order valence-electron chi connectivity index (χ1n) is 6.66. The van der Waals surface area contributed by atoms with Crippen LogP contribution in [0.4, 0.5) is 18.9 Å². The SMILES string of the molecule is C[C@H](Sc1nnc(C(F)(F)F)n1C)C(=O)Nc1cccc(C#N)c1. The number of alkyl halides is 3. The molecule has 1 aromatic heterocycles. The Bertz CT molecular complexity index is 796. The summed E-state index contributed by atoms with van der Waals surface area (Å²) in [6.07, 6.45) is -4.61. The van der Waals surface area contributed by atoms with Gasteiger partial charge < -0.3 is 9.88 Å². The highest BCUT2D eigenvalue weighted by molar-refractivity contribution is 8.00. The van der Waals surface area contributed by atoms with Crippen LogP contribution < -0.4 is 5.32 Å². The lowest BCUT2D eigenvalue weighted by molar-refractivity contribution is -0.147. The van der Waals surface area contributed by atoms with E-state index in [4.69, 9.17) is 5.26 Å². The van der Waals surface area contributed by atoms with Crippen molar-refractivity contribution in [2.75, 3.05) is 5.32 Å². The van der Waals surface area contributed by atoms with Crippen LogP contribution in [0.5, 0.6) is 0 Å². The van der Waals surface area contributed by atoms with Crippen LogP contribution in [0.2, 0.25) is 0 Å². The van der Waals surface area contributed by atoms with Gasteiger partial charge in [0.25, 0.3) is 0 Å². The molecule has 1 amide bonds. The zero-order valence-corrected chi connectivity index (χ0v) is 13.4. The lowest BCUT2D eigenvalue weighted by Crippen LogP contribution is -2.23. The van der Waals surface area contributed by atoms with E-state index in [0.717, 1.165) is 16.3 Å². The first-order valence-corrected chi connectivity index (χ1v) is 7.54. The number of carbonyl (C=O) groups excluding carboxylic acids is 1. The van der Waals surface area contributed by atoms with Gasteiger partial charge in [0.1, 0.15) is 0 Å². The Balaban J connectivity index is 2.07. The number of nitrogens with one attached hydrogen (secondary N) is 1. The zero-order valence-electron chi connectivity index (χ0n) is 12.6. The topological polar surface area (TPSA) is 83.6 Å². The van der Waals surface area contributed by atoms with Gasteiger partial charge in [-0.3, -0.25) is 4.79 Å². The third-order valence-electron chi connectivity index (χ3n) is 3.00. The number of thioether (sulfide) groups is 1. The normalized spacial score (nSPS) is 12.5. The Morgan fingerprint density at radius 2 is 2.12 bits per heavy atom. The number of carbonyl (C=O) groups is 1. The van der Waals surface area contributed by atoms with Gasteiger partial charge in [0, 0.05) is 12.7 Å². The van der Waals surface area contributed by atoms with Crippen molar-refractivity contribution in [1.82, 2.24) is 14.8 Å². The maximum atomic E-state index is 12.7. The Kier molecular flexibility index (Phi) is 5.14. The fourth-order valence-corrected chi connectivity index (χ4v) is 2.60. The summed E-state index contributed by atoms with van der Waals surface area (Å²) in [5.74, 6) is -1.55. The summed E-state index contributed by atoms with van der Waals surface area (Å²) in [6.45, 7) is 1.54. The van der Waals surface area contributed by atoms with Crippen LogP contribution in [-0.2, 0) is 18.0 Å². The van der Waals surface area contributed by atoms with E-state index in [0.29, 0.717) is 11.3 Å². The van der Waals surface area contributed by atoms with Crippen LogP contribution in [0.1, 0.15) is 18.3 Å². The minimum absolute atomic E-state index is 0.0178. The van der Waals surface area contributed by atoms with E-state index in [9.17, 15) is 18.0 Å². The Labute approximate surface area is 139 Å². The molecule has 0 fully saturated rings. The molecule has 0 unspecified atom stereocenters. The zero-order chi connectivity index (χ0) is 17.9. The number of nitriles is 1. The van der Waals surface area contributed by atoms with E-state index in [-0.39, 0.29) is 5.16 Å². The average molecular weight is 355 g/mol. The quantitative estimate of drug-likeness (QED) is 0.853. The van der Waals surface area contributed by atoms with Gasteiger partial charge in [0.15, 0.2) is 5.16 Å². The highest BCUT2D eigenvalue weighted by Crippen LogP contribution is 2.31. The molecule has 1 atom stereocenters. The molecule has 1 N–H and O–H groups in total. The summed E-state index contributed by atoms with van der Waals surface area (Å²) in [6, 6.07) is 8.26. The second-order valence-electron chi connectivity index (χ2n) is 4.80. The molecular weight excluding hydrogens is 343 g/mol. The molecule has 0 radical (unpaired) electrons. The highest BCUT2D eigenvalue weighted by Gasteiger charge is 2.37. The summed E-state index contributed by atoms with van der Waals surface area (Å²) < 4.78 is 38.8. The van der Waals surface area contributed by atoms with Gasteiger partial charge in [-0.1, -0.05) is 17.8 Å². The summed E-state index contributed by atoms with van der Waals surface area (Å²) in [5.41, 5.74) is 0.816. The molecule has 1 heterocycles. The summed E-state index contributed by atoms with van der Waals surface area (Å²) in [7, 11) is 1.19. The van der Waals surface area contributed by atoms with Gasteiger partial charge in [-0.15, -0.1) is 10.2 Å². The maximum Gasteiger partial charge on any atom is 0.451 e. The lowest BCUT2D eigenvalue weighted by atomic mass is 10.2. The van der Waals surface area contributed by atoms with Crippen molar-refractivity contribution in [3.63, 3.8) is 0 Å². The van der Waals surface area contributed by atoms with Gasteiger partial charge in [-0.05, 0) is 25.1 Å². The number of aromatic nitrogens is 3. The van der Waals surface area contributed by atoms with Crippen LogP contribution in [0.3, 0.4) is 0 Å². The van der Waals surface area contributed by atoms with E-state index >= 15 is 0 Å². The van der Waals surface area contributed by atoms with E-state index < -0.39 is 23.2 Å². The number of halogens is 3. The molecule has 2 aromatic rings. The van der Waals surface area contributed by atoms with Gasteiger partial charge in [0.2, 0.25) is 11.7 Å². The fraction of sp³-hybridized carbons (Fsp3) is 0.286. The highest BCUT2D eigenvalue weighted by atomic mass is 32.2. The van der Waals surface area contributed by atoms with Crippen molar-refractivity contribution >= 4 is 23.4 Å². The first-order chi connectivity index (χ1) is 11.2. The van der Waals surface area contributed by atoms with Crippen molar-refractivity contribution in [3.8, 4) is 6.07 Å². The third kappa shape index (κ3) is 4.05. The van der Waals surface area contributed by atoms with Crippen molar-refractivity contribution in [1.29, 1.82) is 5.26 Å². The molecule has 0 saturated heterocycles. The Morgan fingerprint density at radius 3 is 2.71 bits per heavy atom. The molecule has 0 bridgehead atoms. The second-order valence-corrected chi connectivity index (χ2v) is 6.11. The third-order valence-corrected chi connectivity index (χ3v) is 4.13. The monoisotopic (exact) mass is 355 g/mol. The molecular formula is C14H12F3N5OS. The predicted octanol–water partition coefficient (Wildman–Crippen LogP) is 2.82. The van der Waals surface area contributed by atoms with Gasteiger partial charge in [0.05, 0.1) is 16.9 Å². The Morgan fingerprint density at radius 1 is 1.42 bits per heavy atom. The number of anilines is 1. The standard InChI is InChI=1S/C14H12F3N5OS/c1-8(11(23)19-10-5-3-4-9(6-10)7-18)24-13-21-20-12(22(13)2)14(15,16)17/h3-6,8H,1-2H3,(H,19,23)/t8-/m0/s1. The summed E-state index contributed by atoms with van der Waals surface area (Å²) in [5, 5.41) is 17.3. The Hall–Kier alpha value is -2.54. The van der Waals surface area contributed by atoms with Crippen LogP contribution in [0, 0.1) is 11.3 Å². The predicted molar refractivity (Wildman–Crippen MR) is 81.1 cm³/mol. The number of nitrogens with zero attached hydrogens (tertiary/aromatic N) is 4. The van der Waals surface area contributed by atoms with Crippen molar-refractivity contribution in [2.24, 2.45) is 7.05 Å². The van der Waals surface area contributed by atoms with E-state index in [1.807, 2.05) is 6.07 Å². The fourth-order valence-electron chi connectivity index (χ4n) is 1.79. The number of amides is 1. The maximum absolute atomic E-state index is 12.7. The molecule has 10 heteroatoms. The minimum atomic E-state index is -4.61. The summed E-state index contributed by atoms with van der Waals surface area (Å²) >= 11 is 0.857. The molecule has 126 valence electrons. The van der Waals surface area contributed by atoms with Crippen LogP contribution in [0.15, 0.2) is 29.4 Å². The van der Waals surface area contributed by atoms with E-state index in [2.05, 4.69) is 15.5 Å². The van der Waals surface area contributed by atoms with Crippen LogP contribution in [0.25, 0.3) is 0 Å². The number of rotatable bonds is 4. The van der Waals surface area contributed by atoms with Gasteiger partial charge in [-0.25, -0.2) is 0 Å². The molecule has 6 nitrogen and oxygen atoms in total. The lowest BCUT2D eigenvalue weighted by Gasteiger charge is -2.12. The van der Waals surface area contributed by atoms with E-state index in [1.54, 1.807) is 18.2 Å². The molecule has 1 aromatic carbocycles. The molecule has 0 aliphatic rings. The molecule has 0 aliphatic carbocycles. The second kappa shape index (κ2) is 6.92. The average Bonchev–Trinajstić information content (AvgIpc) is 2.88. The molecule has 24 heavy (non-hydrogen) atoms. The number of hydrogen-bond acceptors (Lipinski definition) is 5. The summed E-state index contributed by atoms with van der Waals surface area (Å²) in [4.78, 5) is 12.1. The molecule has 0 spiro atoms. The van der Waals surface area contributed by atoms with Crippen molar-refractivity contribution in [2.45, 2.75) is 23.5 Å². The van der Waals surface area contributed by atoms with Gasteiger partial charge >= 0.3 is 6.18 Å². The smallest absolute Gasteiger partial charge is 0.325 e.